The number of hydrogen-bond acceptors (Lipinski definition) is 4. The SMILES string of the molecule is NC(=O)[C@@H]1CC(C(=O)O)=NN1c1ccccc1. The molecule has 1 aliphatic rings. The van der Waals surface area contributed by atoms with Gasteiger partial charge in [0.1, 0.15) is 11.8 Å². The molecule has 1 aromatic rings. The number of rotatable bonds is 3. The highest BCUT2D eigenvalue weighted by molar-refractivity contribution is 6.37. The van der Waals surface area contributed by atoms with Crippen LogP contribution in [0, 0.1) is 0 Å². The number of hydrogen-bond donors (Lipinski definition) is 2. The van der Waals surface area contributed by atoms with Gasteiger partial charge < -0.3 is 10.8 Å². The summed E-state index contributed by atoms with van der Waals surface area (Å²) < 4.78 is 0. The van der Waals surface area contributed by atoms with E-state index in [1.807, 2.05) is 6.07 Å². The van der Waals surface area contributed by atoms with Crippen LogP contribution in [0.1, 0.15) is 6.42 Å². The van der Waals surface area contributed by atoms with Crippen LogP contribution < -0.4 is 10.7 Å². The van der Waals surface area contributed by atoms with Crippen molar-refractivity contribution in [3.05, 3.63) is 30.3 Å². The molecule has 88 valence electrons. The molecule has 0 unspecified atom stereocenters. The zero-order valence-corrected chi connectivity index (χ0v) is 8.91. The van der Waals surface area contributed by atoms with Gasteiger partial charge in [-0.3, -0.25) is 9.80 Å². The van der Waals surface area contributed by atoms with Gasteiger partial charge >= 0.3 is 5.97 Å². The summed E-state index contributed by atoms with van der Waals surface area (Å²) in [5, 5.41) is 14.1. The topological polar surface area (TPSA) is 96.0 Å². The van der Waals surface area contributed by atoms with Crippen LogP contribution >= 0.6 is 0 Å². The van der Waals surface area contributed by atoms with Crippen LogP contribution in [0.5, 0.6) is 0 Å². The van der Waals surface area contributed by atoms with Crippen LogP contribution in [0.4, 0.5) is 5.69 Å². The number of carbonyl (C=O) groups is 2. The van der Waals surface area contributed by atoms with Gasteiger partial charge in [0.05, 0.1) is 5.69 Å². The molecule has 1 heterocycles. The fourth-order valence-corrected chi connectivity index (χ4v) is 1.68. The second-order valence-corrected chi connectivity index (χ2v) is 3.65. The molecule has 0 fully saturated rings. The molecule has 0 bridgehead atoms. The highest BCUT2D eigenvalue weighted by Crippen LogP contribution is 2.24. The van der Waals surface area contributed by atoms with Crippen molar-refractivity contribution in [2.24, 2.45) is 10.8 Å². The Morgan fingerprint density at radius 3 is 2.53 bits per heavy atom. The monoisotopic (exact) mass is 233 g/mol. The lowest BCUT2D eigenvalue weighted by Gasteiger charge is -2.20. The van der Waals surface area contributed by atoms with Gasteiger partial charge in [-0.05, 0) is 12.1 Å². The van der Waals surface area contributed by atoms with E-state index in [0.29, 0.717) is 5.69 Å². The second kappa shape index (κ2) is 4.25. The van der Waals surface area contributed by atoms with Crippen LogP contribution in [0.3, 0.4) is 0 Å². The third kappa shape index (κ3) is 2.10. The first-order valence-electron chi connectivity index (χ1n) is 5.04. The van der Waals surface area contributed by atoms with Gasteiger partial charge in [0, 0.05) is 6.42 Å². The Hall–Kier alpha value is -2.37. The zero-order valence-electron chi connectivity index (χ0n) is 8.91. The van der Waals surface area contributed by atoms with Crippen molar-refractivity contribution in [3.63, 3.8) is 0 Å². The summed E-state index contributed by atoms with van der Waals surface area (Å²) in [7, 11) is 0. The molecule has 3 N–H and O–H groups in total. The van der Waals surface area contributed by atoms with E-state index in [-0.39, 0.29) is 12.1 Å². The molecule has 0 aromatic heterocycles. The van der Waals surface area contributed by atoms with Gasteiger partial charge in [-0.1, -0.05) is 18.2 Å². The molecular formula is C11H11N3O3. The highest BCUT2D eigenvalue weighted by atomic mass is 16.4. The maximum absolute atomic E-state index is 11.3. The summed E-state index contributed by atoms with van der Waals surface area (Å²) in [4.78, 5) is 22.1. The molecule has 1 amide bonds. The number of nitrogens with zero attached hydrogens (tertiary/aromatic N) is 2. The Balaban J connectivity index is 2.35. The first-order chi connectivity index (χ1) is 8.09. The number of nitrogens with two attached hydrogens (primary N) is 1. The number of carbonyl (C=O) groups excluding carboxylic acids is 1. The molecule has 1 aliphatic heterocycles. The number of carboxylic acids is 1. The standard InChI is InChI=1S/C11H11N3O3/c12-10(15)9-6-8(11(16)17)13-14(9)7-4-2-1-3-5-7/h1-5,9H,6H2,(H2,12,15)(H,16,17)/t9-/m0/s1. The summed E-state index contributed by atoms with van der Waals surface area (Å²) in [6.45, 7) is 0. The van der Waals surface area contributed by atoms with Crippen molar-refractivity contribution in [2.75, 3.05) is 5.01 Å². The fourth-order valence-electron chi connectivity index (χ4n) is 1.68. The maximum atomic E-state index is 11.3. The lowest BCUT2D eigenvalue weighted by Crippen LogP contribution is -2.39. The number of primary amides is 1. The average molecular weight is 233 g/mol. The second-order valence-electron chi connectivity index (χ2n) is 3.65. The number of hydrazone groups is 1. The molecule has 0 radical (unpaired) electrons. The number of aliphatic carboxylic acids is 1. The Morgan fingerprint density at radius 2 is 2.00 bits per heavy atom. The first kappa shape index (κ1) is 11.1. The minimum Gasteiger partial charge on any atom is -0.477 e. The minimum atomic E-state index is -1.13. The summed E-state index contributed by atoms with van der Waals surface area (Å²) in [5.41, 5.74) is 5.83. The van der Waals surface area contributed by atoms with Gasteiger partial charge in [-0.15, -0.1) is 0 Å². The molecule has 1 atom stereocenters. The van der Waals surface area contributed by atoms with E-state index < -0.39 is 17.9 Å². The summed E-state index contributed by atoms with van der Waals surface area (Å²) >= 11 is 0. The largest absolute Gasteiger partial charge is 0.477 e. The first-order valence-corrected chi connectivity index (χ1v) is 5.04. The van der Waals surface area contributed by atoms with Crippen molar-refractivity contribution in [2.45, 2.75) is 12.5 Å². The van der Waals surface area contributed by atoms with Crippen LogP contribution in [-0.4, -0.2) is 28.7 Å². The average Bonchev–Trinajstić information content (AvgIpc) is 2.75. The molecule has 0 saturated heterocycles. The van der Waals surface area contributed by atoms with Gasteiger partial charge in [-0.2, -0.15) is 5.10 Å². The zero-order chi connectivity index (χ0) is 12.4. The molecule has 2 rings (SSSR count). The van der Waals surface area contributed by atoms with Crippen LogP contribution in [0.25, 0.3) is 0 Å². The molecule has 6 nitrogen and oxygen atoms in total. The Kier molecular flexibility index (Phi) is 2.78. The Bertz CT molecular complexity index is 484. The number of benzene rings is 1. The third-order valence-corrected chi connectivity index (χ3v) is 2.51. The molecule has 6 heteroatoms. The summed E-state index contributed by atoms with van der Waals surface area (Å²) in [6, 6.07) is 8.13. The van der Waals surface area contributed by atoms with Crippen molar-refractivity contribution in [1.29, 1.82) is 0 Å². The van der Waals surface area contributed by atoms with E-state index in [1.54, 1.807) is 24.3 Å². The lowest BCUT2D eigenvalue weighted by atomic mass is 10.1. The minimum absolute atomic E-state index is 0.0273. The molecule has 1 aromatic carbocycles. The molecule has 17 heavy (non-hydrogen) atoms. The van der Waals surface area contributed by atoms with Crippen molar-refractivity contribution in [1.82, 2.24) is 0 Å². The van der Waals surface area contributed by atoms with E-state index in [9.17, 15) is 9.59 Å². The van der Waals surface area contributed by atoms with E-state index in [0.717, 1.165) is 0 Å². The van der Waals surface area contributed by atoms with Gasteiger partial charge in [0.2, 0.25) is 5.91 Å². The summed E-state index contributed by atoms with van der Waals surface area (Å²) in [6.07, 6.45) is 0.0273. The Morgan fingerprint density at radius 1 is 1.35 bits per heavy atom. The third-order valence-electron chi connectivity index (χ3n) is 2.51. The number of carboxylic acid groups (broad SMARTS) is 1. The summed E-state index contributed by atoms with van der Waals surface area (Å²) in [5.74, 6) is -1.72. The smallest absolute Gasteiger partial charge is 0.352 e. The van der Waals surface area contributed by atoms with Crippen LogP contribution in [-0.2, 0) is 9.59 Å². The number of amides is 1. The highest BCUT2D eigenvalue weighted by Gasteiger charge is 2.34. The fraction of sp³-hybridized carbons (Fsp3) is 0.182. The normalized spacial score (nSPS) is 18.9. The maximum Gasteiger partial charge on any atom is 0.352 e. The molecule has 0 spiro atoms. The van der Waals surface area contributed by atoms with Gasteiger partial charge in [0.25, 0.3) is 0 Å². The molecule has 0 aliphatic carbocycles. The Labute approximate surface area is 97.3 Å². The van der Waals surface area contributed by atoms with Crippen molar-refractivity contribution >= 4 is 23.3 Å². The van der Waals surface area contributed by atoms with Gasteiger partial charge in [-0.25, -0.2) is 4.79 Å². The van der Waals surface area contributed by atoms with Gasteiger partial charge in [0.15, 0.2) is 0 Å². The molecular weight excluding hydrogens is 222 g/mol. The van der Waals surface area contributed by atoms with Crippen LogP contribution in [0.2, 0.25) is 0 Å². The lowest BCUT2D eigenvalue weighted by molar-refractivity contribution is -0.129. The van der Waals surface area contributed by atoms with Crippen LogP contribution in [0.15, 0.2) is 35.4 Å². The van der Waals surface area contributed by atoms with Crippen molar-refractivity contribution in [3.8, 4) is 0 Å². The predicted octanol–water partition coefficient (Wildman–Crippen LogP) is 0.191. The van der Waals surface area contributed by atoms with E-state index in [2.05, 4.69) is 5.10 Å². The number of anilines is 1. The number of para-hydroxylation sites is 1. The van der Waals surface area contributed by atoms with Crippen molar-refractivity contribution < 1.29 is 14.7 Å². The van der Waals surface area contributed by atoms with E-state index in [4.69, 9.17) is 10.8 Å². The van der Waals surface area contributed by atoms with E-state index >= 15 is 0 Å². The van der Waals surface area contributed by atoms with E-state index in [1.165, 1.54) is 5.01 Å². The molecule has 0 saturated carbocycles. The predicted molar refractivity (Wildman–Crippen MR) is 61.6 cm³/mol. The quantitative estimate of drug-likeness (QED) is 0.778.